The maximum absolute atomic E-state index is 12.0. The molecule has 1 rings (SSSR count). The fraction of sp³-hybridized carbons (Fsp3) is 1.00. The molecule has 15 heavy (non-hydrogen) atoms. The van der Waals surface area contributed by atoms with Gasteiger partial charge >= 0.3 is 0 Å². The molecule has 0 aromatic rings. The molecular weight excluding hydrogens is 216 g/mol. The van der Waals surface area contributed by atoms with Crippen LogP contribution in [0.25, 0.3) is 0 Å². The lowest BCUT2D eigenvalue weighted by atomic mass is 10.2. The number of piperidine rings is 1. The van der Waals surface area contributed by atoms with E-state index in [9.17, 15) is 8.42 Å². The van der Waals surface area contributed by atoms with Crippen LogP contribution < -0.4 is 0 Å². The van der Waals surface area contributed by atoms with Crippen molar-refractivity contribution < 1.29 is 13.5 Å². The second kappa shape index (κ2) is 5.79. The molecule has 1 aliphatic rings. The number of hydrogen-bond donors (Lipinski definition) is 1. The number of hydrogen-bond acceptors (Lipinski definition) is 3. The summed E-state index contributed by atoms with van der Waals surface area (Å²) in [6.07, 6.45) is 3.51. The lowest BCUT2D eigenvalue weighted by molar-refractivity contribution is 0.267. The zero-order chi connectivity index (χ0) is 11.3. The molecular formula is C9H20N2O3S. The van der Waals surface area contributed by atoms with Crippen molar-refractivity contribution in [3.63, 3.8) is 0 Å². The maximum atomic E-state index is 12.0. The van der Waals surface area contributed by atoms with Crippen molar-refractivity contribution in [3.05, 3.63) is 0 Å². The van der Waals surface area contributed by atoms with Gasteiger partial charge in [0.05, 0.1) is 0 Å². The van der Waals surface area contributed by atoms with E-state index in [0.717, 1.165) is 19.3 Å². The standard InChI is InChI=1S/C9H20N2O3S/c1-10(6-5-9-12)15(13,14)11-7-3-2-4-8-11/h12H,2-9H2,1H3. The third kappa shape index (κ3) is 3.41. The van der Waals surface area contributed by atoms with Gasteiger partial charge in [0.15, 0.2) is 0 Å². The summed E-state index contributed by atoms with van der Waals surface area (Å²) in [5.74, 6) is 0. The molecule has 1 N–H and O–H groups in total. The predicted molar refractivity (Wildman–Crippen MR) is 58.7 cm³/mol. The molecule has 90 valence electrons. The normalized spacial score (nSPS) is 19.7. The second-order valence-corrected chi connectivity index (χ2v) is 5.90. The molecule has 6 heteroatoms. The molecule has 1 fully saturated rings. The molecule has 0 spiro atoms. The van der Waals surface area contributed by atoms with Crippen LogP contribution in [0.15, 0.2) is 0 Å². The smallest absolute Gasteiger partial charge is 0.281 e. The third-order valence-corrected chi connectivity index (χ3v) is 4.65. The second-order valence-electron chi connectivity index (χ2n) is 3.87. The van der Waals surface area contributed by atoms with Gasteiger partial charge in [-0.1, -0.05) is 6.42 Å². The molecule has 0 aliphatic carbocycles. The highest BCUT2D eigenvalue weighted by Gasteiger charge is 2.27. The highest BCUT2D eigenvalue weighted by molar-refractivity contribution is 7.86. The first-order chi connectivity index (χ1) is 7.09. The van der Waals surface area contributed by atoms with Gasteiger partial charge in [-0.25, -0.2) is 0 Å². The van der Waals surface area contributed by atoms with Crippen LogP contribution in [0.2, 0.25) is 0 Å². The highest BCUT2D eigenvalue weighted by atomic mass is 32.2. The minimum Gasteiger partial charge on any atom is -0.396 e. The number of aliphatic hydroxyl groups excluding tert-OH is 1. The molecule has 5 nitrogen and oxygen atoms in total. The van der Waals surface area contributed by atoms with Crippen LogP contribution in [0, 0.1) is 0 Å². The highest BCUT2D eigenvalue weighted by Crippen LogP contribution is 2.15. The molecule has 1 aliphatic heterocycles. The Hall–Kier alpha value is -0.170. The van der Waals surface area contributed by atoms with Gasteiger partial charge in [-0.15, -0.1) is 0 Å². The fourth-order valence-corrected chi connectivity index (χ4v) is 3.18. The molecule has 0 amide bonds. The zero-order valence-electron chi connectivity index (χ0n) is 9.22. The summed E-state index contributed by atoms with van der Waals surface area (Å²) in [6.45, 7) is 1.67. The van der Waals surface area contributed by atoms with E-state index >= 15 is 0 Å². The number of aliphatic hydroxyl groups is 1. The van der Waals surface area contributed by atoms with E-state index < -0.39 is 10.2 Å². The van der Waals surface area contributed by atoms with Crippen molar-refractivity contribution in [1.29, 1.82) is 0 Å². The Labute approximate surface area is 91.9 Å². The summed E-state index contributed by atoms with van der Waals surface area (Å²) >= 11 is 0. The summed E-state index contributed by atoms with van der Waals surface area (Å²) in [5, 5.41) is 8.66. The molecule has 0 aromatic carbocycles. The van der Waals surface area contributed by atoms with E-state index in [2.05, 4.69) is 0 Å². The molecule has 0 atom stereocenters. The lowest BCUT2D eigenvalue weighted by Crippen LogP contribution is -2.44. The van der Waals surface area contributed by atoms with E-state index in [1.54, 1.807) is 7.05 Å². The van der Waals surface area contributed by atoms with Gasteiger partial charge in [-0.3, -0.25) is 0 Å². The van der Waals surface area contributed by atoms with Crippen LogP contribution in [-0.2, 0) is 10.2 Å². The Bertz CT molecular complexity index is 273. The first kappa shape index (κ1) is 12.9. The van der Waals surface area contributed by atoms with E-state index in [-0.39, 0.29) is 6.61 Å². The third-order valence-electron chi connectivity index (χ3n) is 2.67. The molecule has 0 saturated carbocycles. The van der Waals surface area contributed by atoms with Crippen molar-refractivity contribution in [2.45, 2.75) is 25.7 Å². The fourth-order valence-electron chi connectivity index (χ4n) is 1.70. The maximum Gasteiger partial charge on any atom is 0.281 e. The Morgan fingerprint density at radius 2 is 1.87 bits per heavy atom. The minimum atomic E-state index is -3.28. The van der Waals surface area contributed by atoms with Crippen LogP contribution in [0.4, 0.5) is 0 Å². The van der Waals surface area contributed by atoms with Crippen LogP contribution >= 0.6 is 0 Å². The first-order valence-corrected chi connectivity index (χ1v) is 6.81. The Kier molecular flexibility index (Phi) is 4.98. The lowest BCUT2D eigenvalue weighted by Gasteiger charge is -2.30. The van der Waals surface area contributed by atoms with E-state index in [4.69, 9.17) is 5.11 Å². The van der Waals surface area contributed by atoms with Gasteiger partial charge in [0.2, 0.25) is 0 Å². The molecule has 1 saturated heterocycles. The molecule has 0 unspecified atom stereocenters. The zero-order valence-corrected chi connectivity index (χ0v) is 10.0. The monoisotopic (exact) mass is 236 g/mol. The molecule has 0 aromatic heterocycles. The van der Waals surface area contributed by atoms with Crippen LogP contribution in [-0.4, -0.2) is 55.4 Å². The quantitative estimate of drug-likeness (QED) is 0.732. The Morgan fingerprint density at radius 1 is 1.27 bits per heavy atom. The molecule has 0 radical (unpaired) electrons. The van der Waals surface area contributed by atoms with E-state index in [1.807, 2.05) is 0 Å². The van der Waals surface area contributed by atoms with Gasteiger partial charge in [0, 0.05) is 33.3 Å². The molecule has 1 heterocycles. The Morgan fingerprint density at radius 3 is 2.40 bits per heavy atom. The summed E-state index contributed by atoms with van der Waals surface area (Å²) in [4.78, 5) is 0. The van der Waals surface area contributed by atoms with Gasteiger partial charge < -0.3 is 5.11 Å². The largest absolute Gasteiger partial charge is 0.396 e. The summed E-state index contributed by atoms with van der Waals surface area (Å²) in [7, 11) is -1.71. The van der Waals surface area contributed by atoms with E-state index in [1.165, 1.54) is 8.61 Å². The van der Waals surface area contributed by atoms with E-state index in [0.29, 0.717) is 26.1 Å². The minimum absolute atomic E-state index is 0.0276. The van der Waals surface area contributed by atoms with Crippen molar-refractivity contribution in [2.75, 3.05) is 33.3 Å². The van der Waals surface area contributed by atoms with Crippen LogP contribution in [0.1, 0.15) is 25.7 Å². The average molecular weight is 236 g/mol. The topological polar surface area (TPSA) is 60.9 Å². The van der Waals surface area contributed by atoms with Crippen molar-refractivity contribution in [1.82, 2.24) is 8.61 Å². The van der Waals surface area contributed by atoms with Crippen molar-refractivity contribution >= 4 is 10.2 Å². The van der Waals surface area contributed by atoms with Gasteiger partial charge in [0.25, 0.3) is 10.2 Å². The predicted octanol–water partition coefficient (Wildman–Crippen LogP) is 0.0313. The SMILES string of the molecule is CN(CCCO)S(=O)(=O)N1CCCCC1. The van der Waals surface area contributed by atoms with Gasteiger partial charge in [-0.05, 0) is 19.3 Å². The summed E-state index contributed by atoms with van der Waals surface area (Å²) in [6, 6.07) is 0. The number of rotatable bonds is 5. The summed E-state index contributed by atoms with van der Waals surface area (Å²) < 4.78 is 26.8. The number of nitrogens with zero attached hydrogens (tertiary/aromatic N) is 2. The first-order valence-electron chi connectivity index (χ1n) is 5.41. The average Bonchev–Trinajstić information content (AvgIpc) is 2.27. The van der Waals surface area contributed by atoms with Crippen LogP contribution in [0.5, 0.6) is 0 Å². The van der Waals surface area contributed by atoms with Crippen molar-refractivity contribution in [3.8, 4) is 0 Å². The van der Waals surface area contributed by atoms with Gasteiger partial charge in [-0.2, -0.15) is 17.0 Å². The summed E-state index contributed by atoms with van der Waals surface area (Å²) in [5.41, 5.74) is 0. The van der Waals surface area contributed by atoms with Crippen molar-refractivity contribution in [2.24, 2.45) is 0 Å². The van der Waals surface area contributed by atoms with Crippen LogP contribution in [0.3, 0.4) is 0 Å². The van der Waals surface area contributed by atoms with Gasteiger partial charge in [0.1, 0.15) is 0 Å². The Balaban J connectivity index is 2.55. The molecule has 0 bridgehead atoms.